The lowest BCUT2D eigenvalue weighted by Crippen LogP contribution is -2.12. The van der Waals surface area contributed by atoms with E-state index < -0.39 is 21.6 Å². The third kappa shape index (κ3) is 7.57. The van der Waals surface area contributed by atoms with E-state index in [2.05, 4.69) is 10.3 Å². The summed E-state index contributed by atoms with van der Waals surface area (Å²) in [6.07, 6.45) is -0.844. The van der Waals surface area contributed by atoms with Gasteiger partial charge in [0.2, 0.25) is 5.91 Å². The number of amides is 1. The molecule has 0 radical (unpaired) electrons. The molecular formula is C22H21F3N2O4S2. The molecule has 0 unspecified atom stereocenters. The van der Waals surface area contributed by atoms with Crippen LogP contribution in [0.2, 0.25) is 0 Å². The Labute approximate surface area is 193 Å². The van der Waals surface area contributed by atoms with Crippen LogP contribution in [-0.2, 0) is 27.2 Å². The molecule has 1 amide bonds. The number of ether oxygens (including phenoxy) is 1. The van der Waals surface area contributed by atoms with Crippen molar-refractivity contribution in [1.29, 1.82) is 0 Å². The summed E-state index contributed by atoms with van der Waals surface area (Å²) in [4.78, 5) is 17.1. The van der Waals surface area contributed by atoms with Crippen LogP contribution in [0.5, 0.6) is 5.75 Å². The molecule has 11 heteroatoms. The summed E-state index contributed by atoms with van der Waals surface area (Å²) in [5.41, 5.74) is -0.195. The third-order valence-electron chi connectivity index (χ3n) is 4.50. The predicted octanol–water partition coefficient (Wildman–Crippen LogP) is 4.95. The van der Waals surface area contributed by atoms with E-state index in [1.54, 1.807) is 18.2 Å². The first-order chi connectivity index (χ1) is 15.5. The maximum absolute atomic E-state index is 12.8. The quantitative estimate of drug-likeness (QED) is 0.422. The first-order valence-electron chi connectivity index (χ1n) is 9.84. The van der Waals surface area contributed by atoms with Crippen molar-refractivity contribution < 1.29 is 31.1 Å². The lowest BCUT2D eigenvalue weighted by Gasteiger charge is -2.08. The molecule has 1 aromatic heterocycles. The van der Waals surface area contributed by atoms with E-state index in [1.165, 1.54) is 35.7 Å². The molecule has 0 bridgehead atoms. The van der Waals surface area contributed by atoms with Gasteiger partial charge in [0.15, 0.2) is 15.0 Å². The van der Waals surface area contributed by atoms with Crippen molar-refractivity contribution in [3.05, 3.63) is 70.7 Å². The second-order valence-electron chi connectivity index (χ2n) is 7.25. The molecule has 0 saturated heterocycles. The molecule has 0 aliphatic carbocycles. The Morgan fingerprint density at radius 2 is 1.88 bits per heavy atom. The molecule has 3 aromatic rings. The monoisotopic (exact) mass is 498 g/mol. The number of carbonyl (C=O) groups is 1. The lowest BCUT2D eigenvalue weighted by atomic mass is 10.1. The van der Waals surface area contributed by atoms with Crippen molar-refractivity contribution >= 4 is 32.2 Å². The minimum Gasteiger partial charge on any atom is -0.494 e. The van der Waals surface area contributed by atoms with Crippen molar-refractivity contribution in [2.75, 3.05) is 18.2 Å². The van der Waals surface area contributed by atoms with Crippen LogP contribution < -0.4 is 10.1 Å². The number of halogens is 3. The Hall–Kier alpha value is -2.92. The van der Waals surface area contributed by atoms with Crippen LogP contribution in [0.4, 0.5) is 18.3 Å². The second-order valence-corrected chi connectivity index (χ2v) is 10.4. The van der Waals surface area contributed by atoms with E-state index in [9.17, 15) is 26.4 Å². The fraction of sp³-hybridized carbons (Fsp3) is 0.273. The summed E-state index contributed by atoms with van der Waals surface area (Å²) < 4.78 is 66.9. The van der Waals surface area contributed by atoms with Crippen LogP contribution in [0.1, 0.15) is 28.8 Å². The summed E-state index contributed by atoms with van der Waals surface area (Å²) in [7, 11) is -3.27. The third-order valence-corrected chi connectivity index (χ3v) is 6.54. The minimum atomic E-state index is -4.40. The molecule has 0 aliphatic rings. The Kier molecular flexibility index (Phi) is 7.75. The number of thiazole rings is 1. The highest BCUT2D eigenvalue weighted by Crippen LogP contribution is 2.30. The molecule has 6 nitrogen and oxygen atoms in total. The van der Waals surface area contributed by atoms with Gasteiger partial charge in [-0.3, -0.25) is 4.79 Å². The molecule has 0 spiro atoms. The minimum absolute atomic E-state index is 0.184. The standard InChI is InChI=1S/C22H21F3N2O4S2/c1-33(29,30)19-9-7-17(8-10-19)31-11-3-6-20(28)27-21-26-14-18(32-21)13-15-4-2-5-16(12-15)22(23,24)25/h2,4-5,7-10,12,14H,3,6,11,13H2,1H3,(H,26,27,28). The Morgan fingerprint density at radius 3 is 2.55 bits per heavy atom. The van der Waals surface area contributed by atoms with Gasteiger partial charge in [-0.1, -0.05) is 18.2 Å². The van der Waals surface area contributed by atoms with Crippen LogP contribution >= 0.6 is 11.3 Å². The number of carbonyl (C=O) groups excluding carboxylic acids is 1. The first-order valence-corrected chi connectivity index (χ1v) is 12.5. The number of hydrogen-bond acceptors (Lipinski definition) is 6. The fourth-order valence-electron chi connectivity index (χ4n) is 2.89. The smallest absolute Gasteiger partial charge is 0.416 e. The summed E-state index contributed by atoms with van der Waals surface area (Å²) in [5.74, 6) is 0.243. The second kappa shape index (κ2) is 10.3. The zero-order valence-electron chi connectivity index (χ0n) is 17.6. The van der Waals surface area contributed by atoms with Crippen LogP contribution in [0.15, 0.2) is 59.6 Å². The number of sulfone groups is 1. The molecule has 2 aromatic carbocycles. The van der Waals surface area contributed by atoms with E-state index >= 15 is 0 Å². The van der Waals surface area contributed by atoms with Crippen LogP contribution in [0, 0.1) is 0 Å². The topological polar surface area (TPSA) is 85.4 Å². The SMILES string of the molecule is CS(=O)(=O)c1ccc(OCCCC(=O)Nc2ncc(Cc3cccc(C(F)(F)F)c3)s2)cc1. The van der Waals surface area contributed by atoms with Crippen molar-refractivity contribution in [2.45, 2.75) is 30.3 Å². The normalized spacial score (nSPS) is 11.9. The number of aromatic nitrogens is 1. The van der Waals surface area contributed by atoms with Gasteiger partial charge in [0.25, 0.3) is 0 Å². The maximum Gasteiger partial charge on any atom is 0.416 e. The van der Waals surface area contributed by atoms with Crippen molar-refractivity contribution in [2.24, 2.45) is 0 Å². The molecule has 0 aliphatic heterocycles. The van der Waals surface area contributed by atoms with E-state index in [1.807, 2.05) is 0 Å². The van der Waals surface area contributed by atoms with Crippen molar-refractivity contribution in [1.82, 2.24) is 4.98 Å². The van der Waals surface area contributed by atoms with Gasteiger partial charge in [0, 0.05) is 30.2 Å². The molecule has 0 saturated carbocycles. The molecule has 176 valence electrons. The first kappa shape index (κ1) is 24.7. The van der Waals surface area contributed by atoms with Gasteiger partial charge in [-0.25, -0.2) is 13.4 Å². The molecular weight excluding hydrogens is 477 g/mol. The average molecular weight is 499 g/mol. The predicted molar refractivity (Wildman–Crippen MR) is 119 cm³/mol. The van der Waals surface area contributed by atoms with Gasteiger partial charge in [0.05, 0.1) is 17.1 Å². The van der Waals surface area contributed by atoms with Gasteiger partial charge in [0.1, 0.15) is 5.75 Å². The Balaban J connectivity index is 1.43. The Morgan fingerprint density at radius 1 is 1.15 bits per heavy atom. The maximum atomic E-state index is 12.8. The number of anilines is 1. The van der Waals surface area contributed by atoms with Gasteiger partial charge in [-0.2, -0.15) is 13.2 Å². The summed E-state index contributed by atoms with van der Waals surface area (Å²) in [6, 6.07) is 11.1. The van der Waals surface area contributed by atoms with Crippen molar-refractivity contribution in [3.8, 4) is 5.75 Å². The fourth-order valence-corrected chi connectivity index (χ4v) is 4.39. The van der Waals surface area contributed by atoms with E-state index in [-0.39, 0.29) is 30.3 Å². The van der Waals surface area contributed by atoms with Crippen LogP contribution in [-0.4, -0.2) is 32.2 Å². The highest BCUT2D eigenvalue weighted by molar-refractivity contribution is 7.90. The zero-order valence-corrected chi connectivity index (χ0v) is 19.2. The molecule has 0 atom stereocenters. The molecule has 1 heterocycles. The zero-order chi connectivity index (χ0) is 24.1. The van der Waals surface area contributed by atoms with E-state index in [0.717, 1.165) is 23.3 Å². The van der Waals surface area contributed by atoms with E-state index in [4.69, 9.17) is 4.74 Å². The van der Waals surface area contributed by atoms with Crippen LogP contribution in [0.25, 0.3) is 0 Å². The van der Waals surface area contributed by atoms with Gasteiger partial charge in [-0.05, 0) is 42.3 Å². The molecule has 1 N–H and O–H groups in total. The summed E-state index contributed by atoms with van der Waals surface area (Å²) >= 11 is 1.20. The van der Waals surface area contributed by atoms with Gasteiger partial charge < -0.3 is 10.1 Å². The number of nitrogens with zero attached hydrogens (tertiary/aromatic N) is 1. The lowest BCUT2D eigenvalue weighted by molar-refractivity contribution is -0.137. The number of nitrogens with one attached hydrogen (secondary N) is 1. The summed E-state index contributed by atoms with van der Waals surface area (Å²) in [6.45, 7) is 0.268. The van der Waals surface area contributed by atoms with Crippen LogP contribution in [0.3, 0.4) is 0 Å². The molecule has 3 rings (SSSR count). The molecule has 33 heavy (non-hydrogen) atoms. The number of benzene rings is 2. The van der Waals surface area contributed by atoms with E-state index in [0.29, 0.717) is 22.9 Å². The largest absolute Gasteiger partial charge is 0.494 e. The van der Waals surface area contributed by atoms with Gasteiger partial charge in [-0.15, -0.1) is 11.3 Å². The highest BCUT2D eigenvalue weighted by atomic mass is 32.2. The number of hydrogen-bond donors (Lipinski definition) is 1. The van der Waals surface area contributed by atoms with Crippen molar-refractivity contribution in [3.63, 3.8) is 0 Å². The average Bonchev–Trinajstić information content (AvgIpc) is 3.17. The molecule has 0 fully saturated rings. The number of rotatable bonds is 9. The number of alkyl halides is 3. The van der Waals surface area contributed by atoms with Gasteiger partial charge >= 0.3 is 6.18 Å². The highest BCUT2D eigenvalue weighted by Gasteiger charge is 2.30. The Bertz CT molecular complexity index is 1210. The summed E-state index contributed by atoms with van der Waals surface area (Å²) in [5, 5.41) is 3.05.